The van der Waals surface area contributed by atoms with Gasteiger partial charge in [-0.1, -0.05) is 42.1 Å². The van der Waals surface area contributed by atoms with Gasteiger partial charge in [0.1, 0.15) is 16.6 Å². The lowest BCUT2D eigenvalue weighted by molar-refractivity contribution is -0.118. The third kappa shape index (κ3) is 7.12. The van der Waals surface area contributed by atoms with Crippen molar-refractivity contribution in [2.24, 2.45) is 0 Å². The lowest BCUT2D eigenvalue weighted by Gasteiger charge is -2.28. The maximum absolute atomic E-state index is 12.2. The molecule has 0 spiro atoms. The Kier molecular flexibility index (Phi) is 8.53. The first-order chi connectivity index (χ1) is 18.6. The number of benzene rings is 3. The number of hydrogen-bond acceptors (Lipinski definition) is 7. The van der Waals surface area contributed by atoms with Crippen molar-refractivity contribution >= 4 is 29.0 Å². The number of aryl methyl sites for hydroxylation is 1. The average molecular weight is 527 g/mol. The fourth-order valence-corrected chi connectivity index (χ4v) is 4.92. The van der Waals surface area contributed by atoms with Crippen molar-refractivity contribution in [2.75, 3.05) is 43.1 Å². The van der Waals surface area contributed by atoms with Crippen LogP contribution in [0.3, 0.4) is 0 Å². The van der Waals surface area contributed by atoms with Crippen LogP contribution >= 0.6 is 11.8 Å². The molecule has 1 aliphatic rings. The lowest BCUT2D eigenvalue weighted by atomic mass is 10.1. The van der Waals surface area contributed by atoms with Crippen LogP contribution in [0.1, 0.15) is 17.0 Å². The third-order valence-electron chi connectivity index (χ3n) is 6.12. The Morgan fingerprint density at radius 2 is 1.74 bits per heavy atom. The van der Waals surface area contributed by atoms with E-state index in [-0.39, 0.29) is 12.5 Å². The third-order valence-corrected chi connectivity index (χ3v) is 7.23. The Labute approximate surface area is 227 Å². The summed E-state index contributed by atoms with van der Waals surface area (Å²) in [6.45, 7) is 5.39. The predicted molar refractivity (Wildman–Crippen MR) is 150 cm³/mol. The molecule has 3 aromatic carbocycles. The van der Waals surface area contributed by atoms with Gasteiger partial charge in [0.25, 0.3) is 5.91 Å². The second-order valence-electron chi connectivity index (χ2n) is 8.99. The molecule has 0 saturated carbocycles. The van der Waals surface area contributed by atoms with E-state index in [2.05, 4.69) is 39.5 Å². The summed E-state index contributed by atoms with van der Waals surface area (Å²) in [5.74, 6) is 1.25. The van der Waals surface area contributed by atoms with E-state index in [1.807, 2.05) is 67.7 Å². The molecular formula is C30H30N4O3S. The molecule has 1 amide bonds. The van der Waals surface area contributed by atoms with Crippen molar-refractivity contribution < 1.29 is 14.3 Å². The zero-order valence-electron chi connectivity index (χ0n) is 21.3. The molecule has 0 unspecified atom stereocenters. The number of nitrogens with one attached hydrogen (secondary N) is 1. The minimum atomic E-state index is -0.205. The summed E-state index contributed by atoms with van der Waals surface area (Å²) in [5.41, 5.74) is 4.15. The second kappa shape index (κ2) is 12.6. The summed E-state index contributed by atoms with van der Waals surface area (Å²) >= 11 is 1.59. The maximum Gasteiger partial charge on any atom is 0.262 e. The molecular weight excluding hydrogens is 496 g/mol. The van der Waals surface area contributed by atoms with E-state index in [1.165, 1.54) is 11.3 Å². The van der Waals surface area contributed by atoms with Gasteiger partial charge in [0.2, 0.25) is 0 Å². The summed E-state index contributed by atoms with van der Waals surface area (Å²) in [5, 5.41) is 3.79. The Hall–Kier alpha value is -3.88. The molecule has 2 heterocycles. The van der Waals surface area contributed by atoms with Crippen LogP contribution in [0.5, 0.6) is 5.75 Å². The van der Waals surface area contributed by atoms with Gasteiger partial charge < -0.3 is 19.7 Å². The summed E-state index contributed by atoms with van der Waals surface area (Å²) in [4.78, 5) is 25.0. The van der Waals surface area contributed by atoms with Crippen LogP contribution in [-0.4, -0.2) is 48.8 Å². The molecule has 194 valence electrons. The van der Waals surface area contributed by atoms with E-state index in [0.29, 0.717) is 12.2 Å². The Bertz CT molecular complexity index is 1340. The quantitative estimate of drug-likeness (QED) is 0.293. The van der Waals surface area contributed by atoms with Crippen LogP contribution in [0.4, 0.5) is 11.4 Å². The van der Waals surface area contributed by atoms with Gasteiger partial charge in [-0.2, -0.15) is 0 Å². The Balaban J connectivity index is 1.16. The van der Waals surface area contributed by atoms with Crippen molar-refractivity contribution in [1.82, 2.24) is 9.97 Å². The number of para-hydroxylation sites is 1. The summed E-state index contributed by atoms with van der Waals surface area (Å²) in [6, 6.07) is 25.6. The van der Waals surface area contributed by atoms with Crippen molar-refractivity contribution in [1.29, 1.82) is 0 Å². The fraction of sp³-hybridized carbons (Fsp3) is 0.233. The number of carbonyl (C=O) groups is 1. The van der Waals surface area contributed by atoms with Crippen LogP contribution in [0.25, 0.3) is 0 Å². The van der Waals surface area contributed by atoms with Crippen molar-refractivity contribution in [2.45, 2.75) is 23.3 Å². The molecule has 1 fully saturated rings. The standard InChI is InChI=1S/C30H30N4O3S/c1-22-20-31-28(19-23-7-11-25(12-8-23)34-15-17-36-18-16-34)33-30(22)38-27-13-9-24(10-14-27)32-29(35)21-37-26-5-3-2-4-6-26/h2-14,20H,15-19,21H2,1H3,(H,32,35). The molecule has 5 rings (SSSR count). The number of morpholine rings is 1. The van der Waals surface area contributed by atoms with Crippen LogP contribution < -0.4 is 15.0 Å². The molecule has 1 aliphatic heterocycles. The van der Waals surface area contributed by atoms with E-state index < -0.39 is 0 Å². The van der Waals surface area contributed by atoms with Gasteiger partial charge in [-0.3, -0.25) is 4.79 Å². The van der Waals surface area contributed by atoms with Crippen LogP contribution in [0, 0.1) is 6.92 Å². The summed E-state index contributed by atoms with van der Waals surface area (Å²) in [6.07, 6.45) is 2.56. The van der Waals surface area contributed by atoms with E-state index in [0.717, 1.165) is 53.3 Å². The maximum atomic E-state index is 12.2. The topological polar surface area (TPSA) is 76.6 Å². The van der Waals surface area contributed by atoms with E-state index in [1.54, 1.807) is 11.8 Å². The molecule has 8 heteroatoms. The normalized spacial score (nSPS) is 13.2. The highest BCUT2D eigenvalue weighted by Gasteiger charge is 2.12. The van der Waals surface area contributed by atoms with Gasteiger partial charge in [0.05, 0.1) is 13.2 Å². The largest absolute Gasteiger partial charge is 0.484 e. The number of amides is 1. The molecule has 1 aromatic heterocycles. The molecule has 7 nitrogen and oxygen atoms in total. The first-order valence-electron chi connectivity index (χ1n) is 12.6. The highest BCUT2D eigenvalue weighted by molar-refractivity contribution is 7.99. The molecule has 1 saturated heterocycles. The lowest BCUT2D eigenvalue weighted by Crippen LogP contribution is -2.36. The summed E-state index contributed by atoms with van der Waals surface area (Å²) in [7, 11) is 0. The first kappa shape index (κ1) is 25.8. The fourth-order valence-electron chi connectivity index (χ4n) is 4.06. The highest BCUT2D eigenvalue weighted by Crippen LogP contribution is 2.29. The first-order valence-corrected chi connectivity index (χ1v) is 13.4. The minimum Gasteiger partial charge on any atom is -0.484 e. The molecule has 4 aromatic rings. The van der Waals surface area contributed by atoms with Crippen molar-refractivity contribution in [3.63, 3.8) is 0 Å². The monoisotopic (exact) mass is 526 g/mol. The Morgan fingerprint density at radius 1 is 1.00 bits per heavy atom. The molecule has 38 heavy (non-hydrogen) atoms. The second-order valence-corrected chi connectivity index (χ2v) is 10.1. The van der Waals surface area contributed by atoms with Gasteiger partial charge in [0.15, 0.2) is 6.61 Å². The van der Waals surface area contributed by atoms with Crippen molar-refractivity contribution in [3.05, 3.63) is 102 Å². The minimum absolute atomic E-state index is 0.0423. The number of rotatable bonds is 9. The molecule has 0 radical (unpaired) electrons. The molecule has 0 aliphatic carbocycles. The van der Waals surface area contributed by atoms with Crippen LogP contribution in [0.2, 0.25) is 0 Å². The predicted octanol–water partition coefficient (Wildman–Crippen LogP) is 5.38. The van der Waals surface area contributed by atoms with Crippen LogP contribution in [0.15, 0.2) is 95.0 Å². The number of carbonyl (C=O) groups excluding carboxylic acids is 1. The number of nitrogens with zero attached hydrogens (tertiary/aromatic N) is 3. The van der Waals surface area contributed by atoms with Crippen LogP contribution in [-0.2, 0) is 16.0 Å². The number of ether oxygens (including phenoxy) is 2. The molecule has 0 bridgehead atoms. The van der Waals surface area contributed by atoms with Gasteiger partial charge in [-0.25, -0.2) is 9.97 Å². The number of hydrogen-bond donors (Lipinski definition) is 1. The number of aromatic nitrogens is 2. The zero-order chi connectivity index (χ0) is 26.2. The van der Waals surface area contributed by atoms with Gasteiger partial charge in [-0.15, -0.1) is 0 Å². The summed E-state index contributed by atoms with van der Waals surface area (Å²) < 4.78 is 11.0. The van der Waals surface area contributed by atoms with E-state index >= 15 is 0 Å². The average Bonchev–Trinajstić information content (AvgIpc) is 2.96. The Morgan fingerprint density at radius 3 is 2.47 bits per heavy atom. The molecule has 0 atom stereocenters. The van der Waals surface area contributed by atoms with Gasteiger partial charge >= 0.3 is 0 Å². The molecule has 1 N–H and O–H groups in total. The van der Waals surface area contributed by atoms with Gasteiger partial charge in [-0.05, 0) is 66.6 Å². The van der Waals surface area contributed by atoms with E-state index in [4.69, 9.17) is 14.5 Å². The number of anilines is 2. The van der Waals surface area contributed by atoms with Crippen molar-refractivity contribution in [3.8, 4) is 5.75 Å². The SMILES string of the molecule is Cc1cnc(Cc2ccc(N3CCOCC3)cc2)nc1Sc1ccc(NC(=O)COc2ccccc2)cc1. The van der Waals surface area contributed by atoms with E-state index in [9.17, 15) is 4.79 Å². The highest BCUT2D eigenvalue weighted by atomic mass is 32.2. The zero-order valence-corrected chi connectivity index (χ0v) is 22.1. The smallest absolute Gasteiger partial charge is 0.262 e. The van der Waals surface area contributed by atoms with Gasteiger partial charge in [0, 0.05) is 42.0 Å².